The Morgan fingerprint density at radius 1 is 1.20 bits per heavy atom. The average Bonchev–Trinajstić information content (AvgIpc) is 3.69. The standard InChI is InChI=1S/C30H25ClFN5O6S/c1-2-30(41)22(14-42-20(28(39)40)13-23-34-18-5-3-4-6-21(18)44-23)43-27(25(30)38)37-15-33-24-19(35-29(31)36-26(24)37)12-9-16-7-10-17(32)11-8-16/h1,3-8,10-11,15,20,22,25,27,38,41H,9,12-14H2,(H,39,40)/t20?,22-,25+,27-,30-/m1/s1. The molecule has 0 radical (unpaired) electrons. The van der Waals surface area contributed by atoms with Crippen molar-refractivity contribution in [3.63, 3.8) is 0 Å². The predicted molar refractivity (Wildman–Crippen MR) is 159 cm³/mol. The smallest absolute Gasteiger partial charge is 0.333 e. The molecule has 226 valence electrons. The van der Waals surface area contributed by atoms with Gasteiger partial charge in [0, 0.05) is 6.42 Å². The minimum Gasteiger partial charge on any atom is -0.479 e. The summed E-state index contributed by atoms with van der Waals surface area (Å²) < 4.78 is 27.3. The number of ether oxygens (including phenoxy) is 2. The Labute approximate surface area is 258 Å². The molecule has 1 unspecified atom stereocenters. The summed E-state index contributed by atoms with van der Waals surface area (Å²) in [6, 6.07) is 13.5. The fourth-order valence-corrected chi connectivity index (χ4v) is 6.30. The van der Waals surface area contributed by atoms with E-state index in [1.54, 1.807) is 12.1 Å². The molecule has 3 N–H and O–H groups in total. The lowest BCUT2D eigenvalue weighted by atomic mass is 9.93. The molecule has 1 fully saturated rings. The molecule has 11 nitrogen and oxygen atoms in total. The Morgan fingerprint density at radius 2 is 1.98 bits per heavy atom. The van der Waals surface area contributed by atoms with Crippen LogP contribution in [0, 0.1) is 18.2 Å². The molecule has 0 amide bonds. The Hall–Kier alpha value is -4.03. The summed E-state index contributed by atoms with van der Waals surface area (Å²) in [6.45, 7) is -0.443. The molecule has 0 bridgehead atoms. The van der Waals surface area contributed by atoms with E-state index in [-0.39, 0.29) is 23.2 Å². The first-order chi connectivity index (χ1) is 21.2. The third kappa shape index (κ3) is 5.75. The van der Waals surface area contributed by atoms with Crippen molar-refractivity contribution in [2.24, 2.45) is 0 Å². The molecule has 0 aliphatic carbocycles. The van der Waals surface area contributed by atoms with Gasteiger partial charge in [0.25, 0.3) is 0 Å². The number of hydrogen-bond acceptors (Lipinski definition) is 10. The molecule has 1 aliphatic heterocycles. The molecular formula is C30H25ClFN5O6S. The Bertz CT molecular complexity index is 1840. The first kappa shape index (κ1) is 30.0. The number of halogens is 2. The van der Waals surface area contributed by atoms with E-state index in [0.717, 1.165) is 15.8 Å². The maximum absolute atomic E-state index is 13.3. The van der Waals surface area contributed by atoms with Gasteiger partial charge in [-0.1, -0.05) is 30.2 Å². The van der Waals surface area contributed by atoms with Crippen LogP contribution in [0.5, 0.6) is 0 Å². The summed E-state index contributed by atoms with van der Waals surface area (Å²) >= 11 is 7.59. The van der Waals surface area contributed by atoms with E-state index in [9.17, 15) is 24.5 Å². The number of nitrogens with zero attached hydrogens (tertiary/aromatic N) is 5. The molecular weight excluding hydrogens is 613 g/mol. The van der Waals surface area contributed by atoms with Crippen molar-refractivity contribution in [2.45, 2.75) is 49.4 Å². The van der Waals surface area contributed by atoms with Crippen molar-refractivity contribution in [1.82, 2.24) is 24.5 Å². The number of aliphatic hydroxyl groups excluding tert-OH is 1. The molecule has 5 atom stereocenters. The number of aryl methyl sites for hydroxylation is 2. The minimum absolute atomic E-state index is 0.0237. The van der Waals surface area contributed by atoms with Gasteiger partial charge < -0.3 is 24.8 Å². The van der Waals surface area contributed by atoms with Gasteiger partial charge >= 0.3 is 5.97 Å². The van der Waals surface area contributed by atoms with Gasteiger partial charge in [-0.05, 0) is 54.3 Å². The maximum atomic E-state index is 13.3. The minimum atomic E-state index is -2.23. The van der Waals surface area contributed by atoms with Crippen molar-refractivity contribution < 1.29 is 34.0 Å². The highest BCUT2D eigenvalue weighted by atomic mass is 35.5. The number of fused-ring (bicyclic) bond motifs is 2. The Kier molecular flexibility index (Phi) is 8.30. The number of thiazole rings is 1. The van der Waals surface area contributed by atoms with Crippen LogP contribution >= 0.6 is 22.9 Å². The van der Waals surface area contributed by atoms with Crippen LogP contribution in [0.15, 0.2) is 54.9 Å². The highest BCUT2D eigenvalue weighted by Crippen LogP contribution is 2.39. The molecule has 14 heteroatoms. The number of imidazole rings is 1. The second-order valence-electron chi connectivity index (χ2n) is 10.3. The van der Waals surface area contributed by atoms with Crippen LogP contribution in [0.2, 0.25) is 5.28 Å². The van der Waals surface area contributed by atoms with E-state index in [0.29, 0.717) is 29.1 Å². The number of hydrogen-bond donors (Lipinski definition) is 3. The first-order valence-corrected chi connectivity index (χ1v) is 14.7. The number of rotatable bonds is 10. The lowest BCUT2D eigenvalue weighted by Crippen LogP contribution is -2.48. The van der Waals surface area contributed by atoms with Gasteiger partial charge in [0.2, 0.25) is 5.28 Å². The van der Waals surface area contributed by atoms with Crippen LogP contribution in [0.4, 0.5) is 4.39 Å². The number of terminal acetylenes is 1. The predicted octanol–water partition coefficient (Wildman–Crippen LogP) is 3.35. The molecule has 6 rings (SSSR count). The zero-order valence-corrected chi connectivity index (χ0v) is 24.5. The van der Waals surface area contributed by atoms with Gasteiger partial charge in [0.05, 0.1) is 33.9 Å². The van der Waals surface area contributed by atoms with Crippen LogP contribution in [0.25, 0.3) is 21.4 Å². The van der Waals surface area contributed by atoms with Crippen molar-refractivity contribution in [3.05, 3.63) is 82.2 Å². The topological polar surface area (TPSA) is 153 Å². The van der Waals surface area contributed by atoms with E-state index < -0.39 is 42.7 Å². The third-order valence-electron chi connectivity index (χ3n) is 7.47. The van der Waals surface area contributed by atoms with Gasteiger partial charge in [-0.15, -0.1) is 17.8 Å². The van der Waals surface area contributed by atoms with E-state index in [1.165, 1.54) is 34.4 Å². The summed E-state index contributed by atoms with van der Waals surface area (Å²) in [5.41, 5.74) is 0.525. The van der Waals surface area contributed by atoms with Crippen LogP contribution < -0.4 is 0 Å². The molecule has 2 aromatic carbocycles. The van der Waals surface area contributed by atoms with Crippen molar-refractivity contribution in [1.29, 1.82) is 0 Å². The number of carbonyl (C=O) groups is 1. The van der Waals surface area contributed by atoms with Crippen LogP contribution in [0.1, 0.15) is 22.5 Å². The molecule has 44 heavy (non-hydrogen) atoms. The molecule has 1 saturated heterocycles. The fourth-order valence-electron chi connectivity index (χ4n) is 5.12. The highest BCUT2D eigenvalue weighted by Gasteiger charge is 2.56. The van der Waals surface area contributed by atoms with Gasteiger partial charge in [-0.2, -0.15) is 4.98 Å². The van der Waals surface area contributed by atoms with E-state index in [4.69, 9.17) is 27.5 Å². The lowest BCUT2D eigenvalue weighted by molar-refractivity contribution is -0.156. The lowest BCUT2D eigenvalue weighted by Gasteiger charge is -2.26. The molecule has 5 aromatic rings. The van der Waals surface area contributed by atoms with Crippen molar-refractivity contribution >= 4 is 50.3 Å². The normalized spacial score (nSPS) is 22.4. The summed E-state index contributed by atoms with van der Waals surface area (Å²) in [6.07, 6.45) is 2.36. The number of benzene rings is 2. The third-order valence-corrected chi connectivity index (χ3v) is 8.70. The van der Waals surface area contributed by atoms with Crippen molar-refractivity contribution in [2.75, 3.05) is 6.61 Å². The zero-order chi connectivity index (χ0) is 31.0. The molecule has 3 aromatic heterocycles. The Morgan fingerprint density at radius 3 is 2.70 bits per heavy atom. The van der Waals surface area contributed by atoms with E-state index in [2.05, 4.69) is 25.9 Å². The largest absolute Gasteiger partial charge is 0.479 e. The molecule has 4 heterocycles. The summed E-state index contributed by atoms with van der Waals surface area (Å²) in [5.74, 6) is 0.621. The van der Waals surface area contributed by atoms with Gasteiger partial charge in [0.15, 0.2) is 23.6 Å². The van der Waals surface area contributed by atoms with Gasteiger partial charge in [-0.25, -0.2) is 24.1 Å². The molecule has 0 spiro atoms. The summed E-state index contributed by atoms with van der Waals surface area (Å²) in [7, 11) is 0. The van der Waals surface area contributed by atoms with Crippen LogP contribution in [-0.4, -0.2) is 76.3 Å². The monoisotopic (exact) mass is 637 g/mol. The van der Waals surface area contributed by atoms with Gasteiger partial charge in [0.1, 0.15) is 23.5 Å². The number of carboxylic acid groups (broad SMARTS) is 1. The summed E-state index contributed by atoms with van der Waals surface area (Å²) in [5, 5.41) is 32.7. The van der Waals surface area contributed by atoms with Gasteiger partial charge in [-0.3, -0.25) is 4.57 Å². The molecule has 0 saturated carbocycles. The average molecular weight is 638 g/mol. The van der Waals surface area contributed by atoms with Crippen molar-refractivity contribution in [3.8, 4) is 12.3 Å². The molecule has 1 aliphatic rings. The number of aliphatic carboxylic acids is 1. The van der Waals surface area contributed by atoms with E-state index >= 15 is 0 Å². The van der Waals surface area contributed by atoms with E-state index in [1.807, 2.05) is 24.3 Å². The Balaban J connectivity index is 1.21. The zero-order valence-electron chi connectivity index (χ0n) is 22.9. The number of para-hydroxylation sites is 1. The number of aliphatic hydroxyl groups is 2. The SMILES string of the molecule is C#C[C@@]1(O)[C@@H](COC(Cc2nc3ccccc3s2)C(=O)O)O[C@@H](n2cnc3c(CCc4ccc(F)cc4)nc(Cl)nc32)[C@@H]1O. The quantitative estimate of drug-likeness (QED) is 0.154. The number of carboxylic acids is 1. The maximum Gasteiger partial charge on any atom is 0.333 e. The second kappa shape index (κ2) is 12.2. The second-order valence-corrected chi connectivity index (χ2v) is 11.7. The van der Waals surface area contributed by atoms with Crippen LogP contribution in [0.3, 0.4) is 0 Å². The fraction of sp³-hybridized carbons (Fsp3) is 0.300. The summed E-state index contributed by atoms with van der Waals surface area (Å²) in [4.78, 5) is 29.5. The van der Waals surface area contributed by atoms with Crippen LogP contribution in [-0.2, 0) is 33.5 Å². The number of aromatic nitrogens is 5. The first-order valence-electron chi connectivity index (χ1n) is 13.5. The highest BCUT2D eigenvalue weighted by molar-refractivity contribution is 7.18.